The molecule has 1 atom stereocenters. The van der Waals surface area contributed by atoms with Crippen molar-refractivity contribution in [2.75, 3.05) is 19.7 Å². The van der Waals surface area contributed by atoms with Crippen LogP contribution >= 0.6 is 0 Å². The van der Waals surface area contributed by atoms with Crippen LogP contribution in [-0.2, 0) is 4.74 Å². The molecular formula is C14H27NO. The molecule has 1 N–H and O–H groups in total. The minimum atomic E-state index is 0.559. The van der Waals surface area contributed by atoms with E-state index in [4.69, 9.17) is 4.74 Å². The van der Waals surface area contributed by atoms with E-state index in [1.165, 1.54) is 57.9 Å². The average molecular weight is 225 g/mol. The Morgan fingerprint density at radius 1 is 1.19 bits per heavy atom. The number of ether oxygens (including phenoxy) is 1. The summed E-state index contributed by atoms with van der Waals surface area (Å²) < 4.78 is 5.83. The van der Waals surface area contributed by atoms with Gasteiger partial charge >= 0.3 is 0 Å². The lowest BCUT2D eigenvalue weighted by molar-refractivity contribution is 0.0432. The van der Waals surface area contributed by atoms with Gasteiger partial charge in [-0.15, -0.1) is 0 Å². The molecule has 0 aromatic heterocycles. The van der Waals surface area contributed by atoms with Crippen molar-refractivity contribution < 1.29 is 4.74 Å². The van der Waals surface area contributed by atoms with Gasteiger partial charge in [-0.3, -0.25) is 0 Å². The normalized spacial score (nSPS) is 29.4. The van der Waals surface area contributed by atoms with E-state index in [1.54, 1.807) is 0 Å². The van der Waals surface area contributed by atoms with E-state index < -0.39 is 0 Å². The molecule has 2 aliphatic rings. The van der Waals surface area contributed by atoms with Gasteiger partial charge in [-0.2, -0.15) is 0 Å². The minimum Gasteiger partial charge on any atom is -0.378 e. The molecule has 1 saturated heterocycles. The zero-order chi connectivity index (χ0) is 11.3. The summed E-state index contributed by atoms with van der Waals surface area (Å²) in [7, 11) is 0. The van der Waals surface area contributed by atoms with Gasteiger partial charge in [-0.1, -0.05) is 26.2 Å². The maximum Gasteiger partial charge on any atom is 0.0581 e. The molecule has 2 fully saturated rings. The first kappa shape index (κ1) is 12.4. The fraction of sp³-hybridized carbons (Fsp3) is 1.00. The highest BCUT2D eigenvalue weighted by Gasteiger charge is 2.35. The SMILES string of the molecule is CCNCC1(CC2CCCO2)CCCCC1. The second-order valence-electron chi connectivity index (χ2n) is 5.68. The molecule has 1 saturated carbocycles. The van der Waals surface area contributed by atoms with Gasteiger partial charge in [-0.25, -0.2) is 0 Å². The van der Waals surface area contributed by atoms with Crippen LogP contribution in [0.3, 0.4) is 0 Å². The molecule has 1 unspecified atom stereocenters. The Kier molecular flexibility index (Phi) is 4.66. The van der Waals surface area contributed by atoms with Crippen molar-refractivity contribution in [1.82, 2.24) is 5.32 Å². The van der Waals surface area contributed by atoms with Crippen LogP contribution in [-0.4, -0.2) is 25.8 Å². The maximum absolute atomic E-state index is 5.83. The van der Waals surface area contributed by atoms with Crippen LogP contribution in [0.15, 0.2) is 0 Å². The van der Waals surface area contributed by atoms with Gasteiger partial charge < -0.3 is 10.1 Å². The van der Waals surface area contributed by atoms with Crippen molar-refractivity contribution in [2.24, 2.45) is 5.41 Å². The smallest absolute Gasteiger partial charge is 0.0581 e. The number of hydrogen-bond donors (Lipinski definition) is 1. The Bertz CT molecular complexity index is 193. The summed E-state index contributed by atoms with van der Waals surface area (Å²) in [4.78, 5) is 0. The van der Waals surface area contributed by atoms with E-state index in [9.17, 15) is 0 Å². The Morgan fingerprint density at radius 2 is 2.00 bits per heavy atom. The third-order valence-corrected chi connectivity index (χ3v) is 4.35. The standard InChI is InChI=1S/C14H27NO/c1-2-15-12-14(8-4-3-5-9-14)11-13-7-6-10-16-13/h13,15H,2-12H2,1H3. The van der Waals surface area contributed by atoms with Crippen LogP contribution in [0, 0.1) is 5.41 Å². The van der Waals surface area contributed by atoms with Crippen LogP contribution in [0.4, 0.5) is 0 Å². The molecule has 0 aromatic carbocycles. The summed E-state index contributed by atoms with van der Waals surface area (Å²) in [5, 5.41) is 3.58. The van der Waals surface area contributed by atoms with Crippen LogP contribution in [0.1, 0.15) is 58.3 Å². The molecule has 1 aliphatic heterocycles. The molecule has 0 spiro atoms. The van der Waals surface area contributed by atoms with Gasteiger partial charge in [-0.05, 0) is 44.1 Å². The molecule has 2 heteroatoms. The van der Waals surface area contributed by atoms with Crippen LogP contribution < -0.4 is 5.32 Å². The molecule has 2 rings (SSSR count). The first-order valence-corrected chi connectivity index (χ1v) is 7.17. The van der Waals surface area contributed by atoms with Crippen molar-refractivity contribution in [2.45, 2.75) is 64.4 Å². The van der Waals surface area contributed by atoms with Crippen molar-refractivity contribution in [3.63, 3.8) is 0 Å². The Balaban J connectivity index is 1.89. The van der Waals surface area contributed by atoms with Crippen LogP contribution in [0.2, 0.25) is 0 Å². The summed E-state index contributed by atoms with van der Waals surface area (Å²) in [5.74, 6) is 0. The van der Waals surface area contributed by atoms with E-state index in [0.717, 1.165) is 13.2 Å². The third kappa shape index (κ3) is 3.21. The highest BCUT2D eigenvalue weighted by molar-refractivity contribution is 4.88. The quantitative estimate of drug-likeness (QED) is 0.776. The summed E-state index contributed by atoms with van der Waals surface area (Å²) in [5.41, 5.74) is 0.559. The molecule has 0 radical (unpaired) electrons. The molecule has 0 aromatic rings. The number of hydrogen-bond acceptors (Lipinski definition) is 2. The van der Waals surface area contributed by atoms with E-state index in [-0.39, 0.29) is 0 Å². The predicted octanol–water partition coefficient (Wildman–Crippen LogP) is 3.12. The fourth-order valence-corrected chi connectivity index (χ4v) is 3.43. The molecule has 1 aliphatic carbocycles. The summed E-state index contributed by atoms with van der Waals surface area (Å²) in [6, 6.07) is 0. The highest BCUT2D eigenvalue weighted by atomic mass is 16.5. The van der Waals surface area contributed by atoms with Gasteiger partial charge in [0, 0.05) is 13.2 Å². The van der Waals surface area contributed by atoms with Gasteiger partial charge in [0.2, 0.25) is 0 Å². The van der Waals surface area contributed by atoms with Crippen molar-refractivity contribution in [3.8, 4) is 0 Å². The van der Waals surface area contributed by atoms with Crippen LogP contribution in [0.5, 0.6) is 0 Å². The minimum absolute atomic E-state index is 0.559. The fourth-order valence-electron chi connectivity index (χ4n) is 3.43. The van der Waals surface area contributed by atoms with E-state index in [0.29, 0.717) is 11.5 Å². The second kappa shape index (κ2) is 6.02. The second-order valence-corrected chi connectivity index (χ2v) is 5.68. The summed E-state index contributed by atoms with van der Waals surface area (Å²) in [6.45, 7) is 5.53. The number of nitrogens with one attached hydrogen (secondary N) is 1. The lowest BCUT2D eigenvalue weighted by Gasteiger charge is -2.39. The van der Waals surface area contributed by atoms with Crippen molar-refractivity contribution >= 4 is 0 Å². The van der Waals surface area contributed by atoms with Gasteiger partial charge in [0.25, 0.3) is 0 Å². The third-order valence-electron chi connectivity index (χ3n) is 4.35. The lowest BCUT2D eigenvalue weighted by atomic mass is 9.70. The van der Waals surface area contributed by atoms with E-state index >= 15 is 0 Å². The lowest BCUT2D eigenvalue weighted by Crippen LogP contribution is -2.38. The van der Waals surface area contributed by atoms with Crippen molar-refractivity contribution in [3.05, 3.63) is 0 Å². The molecule has 0 bridgehead atoms. The topological polar surface area (TPSA) is 21.3 Å². The van der Waals surface area contributed by atoms with Gasteiger partial charge in [0.1, 0.15) is 0 Å². The van der Waals surface area contributed by atoms with Gasteiger partial charge in [0.05, 0.1) is 6.10 Å². The van der Waals surface area contributed by atoms with Gasteiger partial charge in [0.15, 0.2) is 0 Å². The highest BCUT2D eigenvalue weighted by Crippen LogP contribution is 2.41. The Hall–Kier alpha value is -0.0800. The van der Waals surface area contributed by atoms with E-state index in [1.807, 2.05) is 0 Å². The largest absolute Gasteiger partial charge is 0.378 e. The summed E-state index contributed by atoms with van der Waals surface area (Å²) >= 11 is 0. The first-order valence-electron chi connectivity index (χ1n) is 7.17. The molecule has 16 heavy (non-hydrogen) atoms. The molecule has 1 heterocycles. The van der Waals surface area contributed by atoms with E-state index in [2.05, 4.69) is 12.2 Å². The van der Waals surface area contributed by atoms with Crippen LogP contribution in [0.25, 0.3) is 0 Å². The molecular weight excluding hydrogens is 198 g/mol. The van der Waals surface area contributed by atoms with Crippen molar-refractivity contribution in [1.29, 1.82) is 0 Å². The Morgan fingerprint density at radius 3 is 2.62 bits per heavy atom. The Labute approximate surface area is 100 Å². The molecule has 94 valence electrons. The number of rotatable bonds is 5. The first-order chi connectivity index (χ1) is 7.85. The molecule has 0 amide bonds. The zero-order valence-corrected chi connectivity index (χ0v) is 10.8. The monoisotopic (exact) mass is 225 g/mol. The molecule has 2 nitrogen and oxygen atoms in total. The average Bonchev–Trinajstić information content (AvgIpc) is 2.80. The summed E-state index contributed by atoms with van der Waals surface area (Å²) in [6.07, 6.45) is 11.6. The maximum atomic E-state index is 5.83. The zero-order valence-electron chi connectivity index (χ0n) is 10.8. The predicted molar refractivity (Wildman–Crippen MR) is 67.7 cm³/mol.